The van der Waals surface area contributed by atoms with E-state index in [0.29, 0.717) is 0 Å². The molecule has 2 heterocycles. The topological polar surface area (TPSA) is 42.2 Å². The largest absolute Gasteiger partial charge is 0.310 e. The van der Waals surface area contributed by atoms with Crippen molar-refractivity contribution in [3.05, 3.63) is 42.4 Å². The lowest BCUT2D eigenvalue weighted by atomic mass is 9.94. The van der Waals surface area contributed by atoms with Gasteiger partial charge >= 0.3 is 0 Å². The van der Waals surface area contributed by atoms with Crippen molar-refractivity contribution in [2.75, 3.05) is 6.54 Å². The van der Waals surface area contributed by atoms with Crippen molar-refractivity contribution in [2.24, 2.45) is 5.92 Å². The molecule has 0 amide bonds. The first-order valence-corrected chi connectivity index (χ1v) is 6.58. The molecule has 0 bridgehead atoms. The summed E-state index contributed by atoms with van der Waals surface area (Å²) in [6.45, 7) is 1.84. The first-order chi connectivity index (χ1) is 8.93. The van der Waals surface area contributed by atoms with Crippen LogP contribution >= 0.6 is 0 Å². The molecule has 0 aliphatic heterocycles. The van der Waals surface area contributed by atoms with Crippen molar-refractivity contribution >= 4 is 5.65 Å². The van der Waals surface area contributed by atoms with E-state index in [1.165, 1.54) is 19.3 Å². The quantitative estimate of drug-likeness (QED) is 0.836. The Labute approximate surface area is 107 Å². The van der Waals surface area contributed by atoms with Crippen LogP contribution in [-0.2, 0) is 6.54 Å². The molecule has 1 aliphatic rings. The number of hydrogen-bond donors (Lipinski definition) is 1. The van der Waals surface area contributed by atoms with E-state index in [9.17, 15) is 0 Å². The predicted octanol–water partition coefficient (Wildman–Crippen LogP) is 2.18. The van der Waals surface area contributed by atoms with Gasteiger partial charge in [0.05, 0.1) is 6.54 Å². The third-order valence-electron chi connectivity index (χ3n) is 3.48. The second-order valence-electron chi connectivity index (χ2n) is 4.83. The molecule has 1 aliphatic carbocycles. The molecule has 4 heteroatoms. The van der Waals surface area contributed by atoms with Gasteiger partial charge in [0.25, 0.3) is 0 Å². The molecule has 0 radical (unpaired) electrons. The Balaban J connectivity index is 1.58. The first kappa shape index (κ1) is 11.4. The molecule has 2 aromatic rings. The van der Waals surface area contributed by atoms with E-state index in [2.05, 4.69) is 27.7 Å². The van der Waals surface area contributed by atoms with Crippen LogP contribution in [0.15, 0.2) is 36.5 Å². The fourth-order valence-corrected chi connectivity index (χ4v) is 2.44. The van der Waals surface area contributed by atoms with Gasteiger partial charge in [0.15, 0.2) is 11.5 Å². The van der Waals surface area contributed by atoms with Gasteiger partial charge < -0.3 is 5.32 Å². The fourth-order valence-electron chi connectivity index (χ4n) is 2.44. The number of hydrogen-bond acceptors (Lipinski definition) is 3. The van der Waals surface area contributed by atoms with Crippen molar-refractivity contribution in [3.63, 3.8) is 0 Å². The third-order valence-corrected chi connectivity index (χ3v) is 3.48. The lowest BCUT2D eigenvalue weighted by Gasteiger charge is -2.17. The fraction of sp³-hybridized carbons (Fsp3) is 0.429. The second-order valence-corrected chi connectivity index (χ2v) is 4.83. The van der Waals surface area contributed by atoms with Gasteiger partial charge in [-0.1, -0.05) is 18.2 Å². The summed E-state index contributed by atoms with van der Waals surface area (Å²) in [5, 5.41) is 11.9. The van der Waals surface area contributed by atoms with Crippen molar-refractivity contribution < 1.29 is 0 Å². The highest BCUT2D eigenvalue weighted by molar-refractivity contribution is 5.36. The van der Waals surface area contributed by atoms with Crippen LogP contribution in [0.5, 0.6) is 0 Å². The van der Waals surface area contributed by atoms with E-state index < -0.39 is 0 Å². The van der Waals surface area contributed by atoms with Crippen molar-refractivity contribution in [1.29, 1.82) is 0 Å². The van der Waals surface area contributed by atoms with Gasteiger partial charge in [0.2, 0.25) is 0 Å². The van der Waals surface area contributed by atoms with Crippen LogP contribution < -0.4 is 5.32 Å². The Morgan fingerprint density at radius 1 is 1.28 bits per heavy atom. The van der Waals surface area contributed by atoms with E-state index >= 15 is 0 Å². The summed E-state index contributed by atoms with van der Waals surface area (Å²) in [5.74, 6) is 1.76. The molecule has 0 saturated heterocycles. The SMILES string of the molecule is C1=CCC(CNCc2nnc3ccccn23)CC1. The van der Waals surface area contributed by atoms with Gasteiger partial charge in [-0.15, -0.1) is 10.2 Å². The Bertz CT molecular complexity index is 543. The molecule has 94 valence electrons. The number of pyridine rings is 1. The average Bonchev–Trinajstić information content (AvgIpc) is 2.84. The number of allylic oxidation sites excluding steroid dienone is 2. The molecule has 1 atom stereocenters. The normalized spacial score (nSPS) is 19.4. The van der Waals surface area contributed by atoms with Gasteiger partial charge in [-0.05, 0) is 43.9 Å². The van der Waals surface area contributed by atoms with E-state index in [0.717, 1.165) is 30.5 Å². The average molecular weight is 242 g/mol. The van der Waals surface area contributed by atoms with Crippen molar-refractivity contribution in [1.82, 2.24) is 19.9 Å². The maximum absolute atomic E-state index is 4.21. The lowest BCUT2D eigenvalue weighted by molar-refractivity contribution is 0.437. The Kier molecular flexibility index (Phi) is 3.37. The van der Waals surface area contributed by atoms with Crippen LogP contribution in [0.2, 0.25) is 0 Å². The highest BCUT2D eigenvalue weighted by Gasteiger charge is 2.10. The summed E-state index contributed by atoms with van der Waals surface area (Å²) in [6, 6.07) is 5.96. The highest BCUT2D eigenvalue weighted by Crippen LogP contribution is 2.16. The molecule has 18 heavy (non-hydrogen) atoms. The van der Waals surface area contributed by atoms with Gasteiger partial charge in [0.1, 0.15) is 0 Å². The minimum absolute atomic E-state index is 0.772. The Hall–Kier alpha value is -1.68. The molecule has 2 aromatic heterocycles. The summed E-state index contributed by atoms with van der Waals surface area (Å²) >= 11 is 0. The minimum atomic E-state index is 0.772. The van der Waals surface area contributed by atoms with E-state index in [1.807, 2.05) is 28.8 Å². The number of fused-ring (bicyclic) bond motifs is 1. The molecule has 4 nitrogen and oxygen atoms in total. The lowest BCUT2D eigenvalue weighted by Crippen LogP contribution is -2.24. The maximum atomic E-state index is 4.21. The van der Waals surface area contributed by atoms with E-state index in [-0.39, 0.29) is 0 Å². The zero-order valence-corrected chi connectivity index (χ0v) is 10.4. The molecule has 0 spiro atoms. The standard InChI is InChI=1S/C14H18N4/c1-2-6-12(7-3-1)10-15-11-14-17-16-13-8-4-5-9-18(13)14/h1-2,4-5,8-9,12,15H,3,6-7,10-11H2. The van der Waals surface area contributed by atoms with E-state index in [1.54, 1.807) is 0 Å². The smallest absolute Gasteiger partial charge is 0.160 e. The Morgan fingerprint density at radius 2 is 2.28 bits per heavy atom. The van der Waals surface area contributed by atoms with Crippen molar-refractivity contribution in [2.45, 2.75) is 25.8 Å². The van der Waals surface area contributed by atoms with Crippen molar-refractivity contribution in [3.8, 4) is 0 Å². The molecule has 0 saturated carbocycles. The summed E-state index contributed by atoms with van der Waals surface area (Å²) in [6.07, 6.45) is 10.3. The highest BCUT2D eigenvalue weighted by atomic mass is 15.3. The van der Waals surface area contributed by atoms with Gasteiger partial charge in [-0.3, -0.25) is 4.40 Å². The van der Waals surface area contributed by atoms with Gasteiger partial charge in [-0.2, -0.15) is 0 Å². The summed E-state index contributed by atoms with van der Waals surface area (Å²) < 4.78 is 2.04. The minimum Gasteiger partial charge on any atom is -0.310 e. The predicted molar refractivity (Wildman–Crippen MR) is 71.2 cm³/mol. The summed E-state index contributed by atoms with van der Waals surface area (Å²) in [7, 11) is 0. The summed E-state index contributed by atoms with van der Waals surface area (Å²) in [5.41, 5.74) is 0.912. The summed E-state index contributed by atoms with van der Waals surface area (Å²) in [4.78, 5) is 0. The molecule has 1 N–H and O–H groups in total. The number of aromatic nitrogens is 3. The van der Waals surface area contributed by atoms with Crippen LogP contribution in [0.25, 0.3) is 5.65 Å². The number of nitrogens with one attached hydrogen (secondary N) is 1. The van der Waals surface area contributed by atoms with Crippen LogP contribution in [0.1, 0.15) is 25.1 Å². The van der Waals surface area contributed by atoms with Gasteiger partial charge in [0, 0.05) is 6.20 Å². The van der Waals surface area contributed by atoms with Crippen LogP contribution in [0.4, 0.5) is 0 Å². The monoisotopic (exact) mass is 242 g/mol. The number of rotatable bonds is 4. The zero-order valence-electron chi connectivity index (χ0n) is 10.4. The van der Waals surface area contributed by atoms with Crippen LogP contribution in [0, 0.1) is 5.92 Å². The molecule has 0 aromatic carbocycles. The second kappa shape index (κ2) is 5.31. The molecule has 3 rings (SSSR count). The first-order valence-electron chi connectivity index (χ1n) is 6.58. The maximum Gasteiger partial charge on any atom is 0.160 e. The molecular formula is C14H18N4. The number of nitrogens with zero attached hydrogens (tertiary/aromatic N) is 3. The third kappa shape index (κ3) is 2.43. The molecule has 1 unspecified atom stereocenters. The van der Waals surface area contributed by atoms with Gasteiger partial charge in [-0.25, -0.2) is 0 Å². The van der Waals surface area contributed by atoms with E-state index in [4.69, 9.17) is 0 Å². The zero-order chi connectivity index (χ0) is 12.2. The molecule has 0 fully saturated rings. The van der Waals surface area contributed by atoms with Crippen LogP contribution in [-0.4, -0.2) is 21.1 Å². The molecular weight excluding hydrogens is 224 g/mol. The Morgan fingerprint density at radius 3 is 3.17 bits per heavy atom. The van der Waals surface area contributed by atoms with Crippen LogP contribution in [0.3, 0.4) is 0 Å².